The van der Waals surface area contributed by atoms with Crippen molar-refractivity contribution in [2.45, 2.75) is 18.9 Å². The first-order valence-electron chi connectivity index (χ1n) is 6.04. The first-order chi connectivity index (χ1) is 9.15. The van der Waals surface area contributed by atoms with Crippen LogP contribution in [0.4, 0.5) is 10.5 Å². The number of halogens is 1. The molecule has 1 saturated heterocycles. The van der Waals surface area contributed by atoms with Crippen molar-refractivity contribution in [3.8, 4) is 6.07 Å². The first-order valence-corrected chi connectivity index (χ1v) is 6.41. The number of nitrogens with one attached hydrogen (secondary N) is 1. The Bertz CT molecular complexity index is 527. The highest BCUT2D eigenvalue weighted by Crippen LogP contribution is 2.22. The van der Waals surface area contributed by atoms with Gasteiger partial charge in [0.1, 0.15) is 6.07 Å². The zero-order valence-electron chi connectivity index (χ0n) is 10.3. The molecule has 6 heteroatoms. The van der Waals surface area contributed by atoms with Gasteiger partial charge in [0.2, 0.25) is 0 Å². The first kappa shape index (κ1) is 13.7. The molecular formula is C13H14ClN3O2. The molecule has 1 aromatic rings. The van der Waals surface area contributed by atoms with Crippen LogP contribution in [-0.4, -0.2) is 35.2 Å². The summed E-state index contributed by atoms with van der Waals surface area (Å²) in [6, 6.07) is 6.33. The number of amides is 2. The minimum absolute atomic E-state index is 0.0262. The number of hydrogen-bond acceptors (Lipinski definition) is 3. The summed E-state index contributed by atoms with van der Waals surface area (Å²) in [7, 11) is 0. The molecule has 100 valence electrons. The van der Waals surface area contributed by atoms with Gasteiger partial charge in [-0.2, -0.15) is 5.26 Å². The van der Waals surface area contributed by atoms with E-state index in [1.165, 1.54) is 0 Å². The molecule has 0 spiro atoms. The van der Waals surface area contributed by atoms with E-state index in [-0.39, 0.29) is 18.7 Å². The Balaban J connectivity index is 2.07. The van der Waals surface area contributed by atoms with Gasteiger partial charge in [0, 0.05) is 12.2 Å². The highest BCUT2D eigenvalue weighted by Gasteiger charge is 2.28. The molecule has 2 rings (SSSR count). The third-order valence-electron chi connectivity index (χ3n) is 3.19. The second kappa shape index (κ2) is 5.91. The topological polar surface area (TPSA) is 76.4 Å². The van der Waals surface area contributed by atoms with Crippen molar-refractivity contribution in [3.63, 3.8) is 0 Å². The van der Waals surface area contributed by atoms with Gasteiger partial charge in [-0.3, -0.25) is 0 Å². The fraction of sp³-hybridized carbons (Fsp3) is 0.385. The fourth-order valence-electron chi connectivity index (χ4n) is 2.17. The maximum Gasteiger partial charge on any atom is 0.322 e. The average Bonchev–Trinajstić information content (AvgIpc) is 2.87. The zero-order valence-corrected chi connectivity index (χ0v) is 11.0. The van der Waals surface area contributed by atoms with Gasteiger partial charge < -0.3 is 15.3 Å². The number of likely N-dealkylation sites (tertiary alicyclic amines) is 1. The number of urea groups is 1. The molecule has 2 amide bonds. The summed E-state index contributed by atoms with van der Waals surface area (Å²) in [5.41, 5.74) is 0.909. The lowest BCUT2D eigenvalue weighted by atomic mass is 10.2. The van der Waals surface area contributed by atoms with E-state index in [0.717, 1.165) is 12.8 Å². The summed E-state index contributed by atoms with van der Waals surface area (Å²) in [4.78, 5) is 13.7. The fourth-order valence-corrected chi connectivity index (χ4v) is 2.39. The lowest BCUT2D eigenvalue weighted by Gasteiger charge is -2.23. The Hall–Kier alpha value is -1.77. The summed E-state index contributed by atoms with van der Waals surface area (Å²) in [5.74, 6) is 0. The second-order valence-electron chi connectivity index (χ2n) is 4.41. The molecule has 0 aromatic heterocycles. The minimum Gasteiger partial charge on any atom is -0.394 e. The van der Waals surface area contributed by atoms with Gasteiger partial charge in [-0.1, -0.05) is 11.6 Å². The van der Waals surface area contributed by atoms with Gasteiger partial charge in [-0.05, 0) is 31.0 Å². The molecule has 0 radical (unpaired) electrons. The zero-order chi connectivity index (χ0) is 13.8. The van der Waals surface area contributed by atoms with Gasteiger partial charge in [-0.15, -0.1) is 0 Å². The summed E-state index contributed by atoms with van der Waals surface area (Å²) in [5, 5.41) is 21.0. The van der Waals surface area contributed by atoms with E-state index in [9.17, 15) is 9.90 Å². The van der Waals surface area contributed by atoms with Crippen LogP contribution in [0.15, 0.2) is 18.2 Å². The highest BCUT2D eigenvalue weighted by atomic mass is 35.5. The molecule has 1 atom stereocenters. The third-order valence-corrected chi connectivity index (χ3v) is 3.50. The monoisotopic (exact) mass is 279 g/mol. The molecule has 0 bridgehead atoms. The number of benzene rings is 1. The van der Waals surface area contributed by atoms with Crippen molar-refractivity contribution < 1.29 is 9.90 Å². The molecule has 1 heterocycles. The largest absolute Gasteiger partial charge is 0.394 e. The van der Waals surface area contributed by atoms with Gasteiger partial charge in [0.15, 0.2) is 0 Å². The van der Waals surface area contributed by atoms with Crippen molar-refractivity contribution in [1.82, 2.24) is 4.90 Å². The average molecular weight is 280 g/mol. The van der Waals surface area contributed by atoms with Gasteiger partial charge in [0.05, 0.1) is 23.2 Å². The van der Waals surface area contributed by atoms with Crippen LogP contribution in [0.3, 0.4) is 0 Å². The molecule has 1 fully saturated rings. The van der Waals surface area contributed by atoms with E-state index in [4.69, 9.17) is 16.9 Å². The number of aliphatic hydroxyl groups excluding tert-OH is 1. The summed E-state index contributed by atoms with van der Waals surface area (Å²) in [6.07, 6.45) is 1.71. The SMILES string of the molecule is N#Cc1ccc(NC(=O)N2CCC[C@H]2CO)cc1Cl. The predicted octanol–water partition coefficient (Wildman–Crippen LogP) is 2.20. The van der Waals surface area contributed by atoms with Crippen LogP contribution in [0, 0.1) is 11.3 Å². The molecule has 0 unspecified atom stereocenters. The molecule has 0 aliphatic carbocycles. The summed E-state index contributed by atoms with van der Waals surface area (Å²) < 4.78 is 0. The van der Waals surface area contributed by atoms with E-state index in [1.54, 1.807) is 23.1 Å². The number of nitrogens with zero attached hydrogens (tertiary/aromatic N) is 2. The van der Waals surface area contributed by atoms with Gasteiger partial charge >= 0.3 is 6.03 Å². The van der Waals surface area contributed by atoms with Crippen LogP contribution in [-0.2, 0) is 0 Å². The smallest absolute Gasteiger partial charge is 0.322 e. The standard InChI is InChI=1S/C13H14ClN3O2/c14-12-6-10(4-3-9(12)7-15)16-13(19)17-5-1-2-11(17)8-18/h3-4,6,11,18H,1-2,5,8H2,(H,16,19)/t11-/m0/s1. The van der Waals surface area contributed by atoms with E-state index in [1.807, 2.05) is 6.07 Å². The summed E-state index contributed by atoms with van der Waals surface area (Å²) >= 11 is 5.90. The molecule has 5 nitrogen and oxygen atoms in total. The van der Waals surface area contributed by atoms with Crippen molar-refractivity contribution in [3.05, 3.63) is 28.8 Å². The van der Waals surface area contributed by atoms with Crippen LogP contribution in [0.5, 0.6) is 0 Å². The van der Waals surface area contributed by atoms with Crippen molar-refractivity contribution in [2.75, 3.05) is 18.5 Å². The lowest BCUT2D eigenvalue weighted by molar-refractivity contribution is 0.166. The van der Waals surface area contributed by atoms with Crippen LogP contribution in [0.25, 0.3) is 0 Å². The minimum atomic E-state index is -0.252. The Morgan fingerprint density at radius 2 is 2.42 bits per heavy atom. The van der Waals surface area contributed by atoms with Crippen LogP contribution in [0.2, 0.25) is 5.02 Å². The maximum absolute atomic E-state index is 12.0. The summed E-state index contributed by atoms with van der Waals surface area (Å²) in [6.45, 7) is 0.614. The van der Waals surface area contributed by atoms with E-state index < -0.39 is 0 Å². The Morgan fingerprint density at radius 3 is 3.05 bits per heavy atom. The number of carbonyl (C=O) groups is 1. The maximum atomic E-state index is 12.0. The lowest BCUT2D eigenvalue weighted by Crippen LogP contribution is -2.40. The van der Waals surface area contributed by atoms with Crippen LogP contribution in [0.1, 0.15) is 18.4 Å². The normalized spacial score (nSPS) is 18.2. The van der Waals surface area contributed by atoms with E-state index >= 15 is 0 Å². The van der Waals surface area contributed by atoms with Crippen molar-refractivity contribution in [2.24, 2.45) is 0 Å². The molecule has 1 aliphatic rings. The van der Waals surface area contributed by atoms with Gasteiger partial charge in [0.25, 0.3) is 0 Å². The molecule has 0 saturated carbocycles. The Morgan fingerprint density at radius 1 is 1.63 bits per heavy atom. The number of nitriles is 1. The van der Waals surface area contributed by atoms with Crippen molar-refractivity contribution >= 4 is 23.3 Å². The van der Waals surface area contributed by atoms with E-state index in [2.05, 4.69) is 5.32 Å². The molecule has 19 heavy (non-hydrogen) atoms. The number of carbonyl (C=O) groups excluding carboxylic acids is 1. The molecular weight excluding hydrogens is 266 g/mol. The van der Waals surface area contributed by atoms with Gasteiger partial charge in [-0.25, -0.2) is 4.79 Å². The third kappa shape index (κ3) is 2.98. The number of hydrogen-bond donors (Lipinski definition) is 2. The van der Waals surface area contributed by atoms with Crippen LogP contribution < -0.4 is 5.32 Å². The number of anilines is 1. The molecule has 1 aliphatic heterocycles. The number of aliphatic hydroxyl groups is 1. The Kier molecular flexibility index (Phi) is 4.25. The Labute approximate surface area is 116 Å². The highest BCUT2D eigenvalue weighted by molar-refractivity contribution is 6.32. The predicted molar refractivity (Wildman–Crippen MR) is 72.0 cm³/mol. The van der Waals surface area contributed by atoms with E-state index in [0.29, 0.717) is 22.8 Å². The van der Waals surface area contributed by atoms with Crippen molar-refractivity contribution in [1.29, 1.82) is 5.26 Å². The quantitative estimate of drug-likeness (QED) is 0.871. The molecule has 1 aromatic carbocycles. The molecule has 2 N–H and O–H groups in total. The van der Waals surface area contributed by atoms with Crippen LogP contribution >= 0.6 is 11.6 Å². The number of rotatable bonds is 2. The second-order valence-corrected chi connectivity index (χ2v) is 4.82.